The van der Waals surface area contributed by atoms with Gasteiger partial charge < -0.3 is 5.32 Å². The molecule has 1 N–H and O–H groups in total. The highest BCUT2D eigenvalue weighted by molar-refractivity contribution is 7.89. The average molecular weight is 470 g/mol. The van der Waals surface area contributed by atoms with Crippen molar-refractivity contribution in [3.8, 4) is 0 Å². The summed E-state index contributed by atoms with van der Waals surface area (Å²) in [6.45, 7) is 4.22. The van der Waals surface area contributed by atoms with E-state index in [0.717, 1.165) is 34.5 Å². The monoisotopic (exact) mass is 469 g/mol. The van der Waals surface area contributed by atoms with Gasteiger partial charge in [0, 0.05) is 31.9 Å². The molecule has 0 spiro atoms. The molecule has 1 fully saturated rings. The van der Waals surface area contributed by atoms with Gasteiger partial charge in [0.05, 0.1) is 16.5 Å². The van der Waals surface area contributed by atoms with E-state index in [9.17, 15) is 26.4 Å². The third-order valence-corrected chi connectivity index (χ3v) is 7.60. The lowest BCUT2D eigenvalue weighted by Gasteiger charge is -2.37. The van der Waals surface area contributed by atoms with Crippen LogP contribution in [-0.2, 0) is 27.4 Å². The van der Waals surface area contributed by atoms with Crippen LogP contribution in [0.4, 0.5) is 18.9 Å². The molecule has 2 aromatic carbocycles. The molecule has 0 radical (unpaired) electrons. The number of sulfonamides is 1. The quantitative estimate of drug-likeness (QED) is 0.702. The summed E-state index contributed by atoms with van der Waals surface area (Å²) >= 11 is 0. The van der Waals surface area contributed by atoms with Crippen LogP contribution >= 0.6 is 0 Å². The van der Waals surface area contributed by atoms with E-state index < -0.39 is 32.7 Å². The van der Waals surface area contributed by atoms with Gasteiger partial charge in [-0.3, -0.25) is 9.69 Å². The molecule has 0 aliphatic carbocycles. The number of carbonyl (C=O) groups excluding carboxylic acids is 1. The first kappa shape index (κ1) is 24.2. The number of rotatable bonds is 6. The van der Waals surface area contributed by atoms with Gasteiger partial charge in [0.25, 0.3) is 0 Å². The van der Waals surface area contributed by atoms with Gasteiger partial charge in [-0.15, -0.1) is 0 Å². The van der Waals surface area contributed by atoms with E-state index in [1.165, 1.54) is 6.07 Å². The van der Waals surface area contributed by atoms with E-state index in [1.54, 1.807) is 6.92 Å². The van der Waals surface area contributed by atoms with Crippen molar-refractivity contribution in [2.24, 2.45) is 0 Å². The predicted molar refractivity (Wildman–Crippen MR) is 116 cm³/mol. The summed E-state index contributed by atoms with van der Waals surface area (Å²) in [6, 6.07) is 11.2. The zero-order chi connectivity index (χ0) is 23.5. The number of hydrogen-bond acceptors (Lipinski definition) is 4. The highest BCUT2D eigenvalue weighted by Crippen LogP contribution is 2.35. The second-order valence-corrected chi connectivity index (χ2v) is 9.56. The van der Waals surface area contributed by atoms with Crippen LogP contribution in [0.25, 0.3) is 0 Å². The third kappa shape index (κ3) is 5.31. The van der Waals surface area contributed by atoms with Gasteiger partial charge >= 0.3 is 6.18 Å². The molecule has 2 aromatic rings. The van der Waals surface area contributed by atoms with Crippen molar-refractivity contribution in [1.29, 1.82) is 0 Å². The molecule has 1 aliphatic rings. The average Bonchev–Trinajstić information content (AvgIpc) is 2.78. The maximum Gasteiger partial charge on any atom is 0.417 e. The first-order valence-electron chi connectivity index (χ1n) is 10.3. The van der Waals surface area contributed by atoms with Crippen LogP contribution in [0.15, 0.2) is 53.4 Å². The van der Waals surface area contributed by atoms with E-state index in [1.807, 2.05) is 36.1 Å². The van der Waals surface area contributed by atoms with Gasteiger partial charge in [-0.25, -0.2) is 8.42 Å². The summed E-state index contributed by atoms with van der Waals surface area (Å²) in [6.07, 6.45) is -3.88. The van der Waals surface area contributed by atoms with Crippen molar-refractivity contribution < 1.29 is 26.4 Å². The van der Waals surface area contributed by atoms with Crippen molar-refractivity contribution in [2.75, 3.05) is 31.5 Å². The van der Waals surface area contributed by atoms with Crippen molar-refractivity contribution in [1.82, 2.24) is 9.21 Å². The van der Waals surface area contributed by atoms with Gasteiger partial charge in [-0.05, 0) is 43.2 Å². The van der Waals surface area contributed by atoms with Crippen LogP contribution in [0.3, 0.4) is 0 Å². The molecule has 1 aliphatic heterocycles. The van der Waals surface area contributed by atoms with Gasteiger partial charge in [0.15, 0.2) is 0 Å². The minimum absolute atomic E-state index is 0.00264. The van der Waals surface area contributed by atoms with Crippen LogP contribution in [0.5, 0.6) is 0 Å². The third-order valence-electron chi connectivity index (χ3n) is 5.64. The lowest BCUT2D eigenvalue weighted by atomic mass is 10.1. The Morgan fingerprint density at radius 3 is 2.19 bits per heavy atom. The zero-order valence-corrected chi connectivity index (χ0v) is 18.7. The number of hydrogen-bond donors (Lipinski definition) is 1. The maximum atomic E-state index is 13.3. The Balaban J connectivity index is 1.64. The Hall–Kier alpha value is -2.43. The minimum Gasteiger partial charge on any atom is -0.325 e. The van der Waals surface area contributed by atoms with Gasteiger partial charge in [0.2, 0.25) is 15.9 Å². The highest BCUT2D eigenvalue weighted by Gasteiger charge is 2.40. The number of amides is 1. The lowest BCUT2D eigenvalue weighted by molar-refractivity contribution is -0.140. The van der Waals surface area contributed by atoms with Gasteiger partial charge in [-0.1, -0.05) is 31.2 Å². The van der Waals surface area contributed by atoms with E-state index in [4.69, 9.17) is 0 Å². The molecule has 0 bridgehead atoms. The molecule has 0 saturated carbocycles. The largest absolute Gasteiger partial charge is 0.417 e. The topological polar surface area (TPSA) is 69.7 Å². The zero-order valence-electron chi connectivity index (χ0n) is 17.9. The Morgan fingerprint density at radius 2 is 1.62 bits per heavy atom. The molecule has 32 heavy (non-hydrogen) atoms. The molecule has 0 aromatic heterocycles. The number of nitrogens with one attached hydrogen (secondary N) is 1. The van der Waals surface area contributed by atoms with Crippen LogP contribution < -0.4 is 5.32 Å². The number of anilines is 1. The summed E-state index contributed by atoms with van der Waals surface area (Å²) in [5.74, 6) is -0.229. The number of nitrogens with zero attached hydrogens (tertiary/aromatic N) is 2. The van der Waals surface area contributed by atoms with Crippen molar-refractivity contribution in [3.63, 3.8) is 0 Å². The van der Waals surface area contributed by atoms with E-state index in [0.29, 0.717) is 5.69 Å². The molecule has 174 valence electrons. The summed E-state index contributed by atoms with van der Waals surface area (Å²) in [4.78, 5) is 13.7. The Labute approximate surface area is 186 Å². The first-order chi connectivity index (χ1) is 15.0. The second-order valence-electron chi connectivity index (χ2n) is 7.65. The summed E-state index contributed by atoms with van der Waals surface area (Å²) in [7, 11) is -4.31. The van der Waals surface area contributed by atoms with E-state index >= 15 is 0 Å². The molecule has 3 rings (SSSR count). The SMILES string of the molecule is CCc1ccc(NC(=O)[C@@H](C)N2CCN(S(=O)(=O)c3ccccc3C(F)(F)F)CC2)cc1. The second kappa shape index (κ2) is 9.60. The first-order valence-corrected chi connectivity index (χ1v) is 11.8. The summed E-state index contributed by atoms with van der Waals surface area (Å²) in [5.41, 5.74) is 0.647. The van der Waals surface area contributed by atoms with Crippen LogP contribution in [0, 0.1) is 0 Å². The lowest BCUT2D eigenvalue weighted by Crippen LogP contribution is -2.54. The van der Waals surface area contributed by atoms with E-state index in [2.05, 4.69) is 5.32 Å². The molecule has 1 saturated heterocycles. The Morgan fingerprint density at radius 1 is 1.03 bits per heavy atom. The number of carbonyl (C=O) groups is 1. The fourth-order valence-corrected chi connectivity index (χ4v) is 5.27. The van der Waals surface area contributed by atoms with Gasteiger partial charge in [-0.2, -0.15) is 17.5 Å². The molecular formula is C22H26F3N3O3S. The Kier molecular flexibility index (Phi) is 7.26. The molecule has 1 amide bonds. The van der Waals surface area contributed by atoms with Gasteiger partial charge in [0.1, 0.15) is 0 Å². The summed E-state index contributed by atoms with van der Waals surface area (Å²) < 4.78 is 66.7. The van der Waals surface area contributed by atoms with Crippen LogP contribution in [0.1, 0.15) is 25.0 Å². The minimum atomic E-state index is -4.77. The fraction of sp³-hybridized carbons (Fsp3) is 0.409. The normalized spacial score (nSPS) is 17.2. The molecule has 10 heteroatoms. The maximum absolute atomic E-state index is 13.3. The van der Waals surface area contributed by atoms with Crippen LogP contribution in [0.2, 0.25) is 0 Å². The molecule has 1 heterocycles. The fourth-order valence-electron chi connectivity index (χ4n) is 3.63. The summed E-state index contributed by atoms with van der Waals surface area (Å²) in [5, 5.41) is 2.84. The standard InChI is InChI=1S/C22H26F3N3O3S/c1-3-17-8-10-18(11-9-17)26-21(29)16(2)27-12-14-28(15-13-27)32(30,31)20-7-5-4-6-19(20)22(23,24)25/h4-11,16H,3,12-15H2,1-2H3,(H,26,29)/t16-/m1/s1. The highest BCUT2D eigenvalue weighted by atomic mass is 32.2. The van der Waals surface area contributed by atoms with Crippen molar-refractivity contribution >= 4 is 21.6 Å². The molecule has 6 nitrogen and oxygen atoms in total. The van der Waals surface area contributed by atoms with Crippen molar-refractivity contribution in [3.05, 3.63) is 59.7 Å². The number of piperazine rings is 1. The Bertz CT molecular complexity index is 1050. The smallest absolute Gasteiger partial charge is 0.325 e. The number of benzene rings is 2. The van der Waals surface area contributed by atoms with E-state index in [-0.39, 0.29) is 32.1 Å². The number of alkyl halides is 3. The number of halogens is 3. The number of aryl methyl sites for hydroxylation is 1. The van der Waals surface area contributed by atoms with Crippen LogP contribution in [-0.4, -0.2) is 55.8 Å². The van der Waals surface area contributed by atoms with Crippen molar-refractivity contribution in [2.45, 2.75) is 37.4 Å². The molecule has 1 atom stereocenters. The molecule has 0 unspecified atom stereocenters. The predicted octanol–water partition coefficient (Wildman–Crippen LogP) is 3.60. The molecular weight excluding hydrogens is 443 g/mol.